The van der Waals surface area contributed by atoms with Crippen molar-refractivity contribution in [3.05, 3.63) is 0 Å². The molecule has 0 saturated heterocycles. The fourth-order valence-electron chi connectivity index (χ4n) is 1.74. The summed E-state index contributed by atoms with van der Waals surface area (Å²) in [5.74, 6) is 0. The lowest BCUT2D eigenvalue weighted by atomic mass is 10.3. The fraction of sp³-hybridized carbons (Fsp3) is 1.00. The third kappa shape index (κ3) is 10.4. The highest BCUT2D eigenvalue weighted by Crippen LogP contribution is 2.42. The standard InChI is InChI=1S/C12H18F9O3P/c13-10(14,15)7(22)1-4-25(5-2-8(23)11(16,17)18)6-3-9(24)12(19,20)21/h7-9,22-24H,1-6H2. The fourth-order valence-corrected chi connectivity index (χ4v) is 4.24. The molecule has 3 unspecified atom stereocenters. The van der Waals surface area contributed by atoms with Gasteiger partial charge in [0, 0.05) is 0 Å². The lowest BCUT2D eigenvalue weighted by Crippen LogP contribution is -2.31. The van der Waals surface area contributed by atoms with Crippen LogP contribution in [-0.4, -0.2) is 70.6 Å². The van der Waals surface area contributed by atoms with E-state index in [9.17, 15) is 39.5 Å². The molecule has 25 heavy (non-hydrogen) atoms. The van der Waals surface area contributed by atoms with Crippen LogP contribution in [0.15, 0.2) is 0 Å². The molecule has 0 bridgehead atoms. The number of hydrogen-bond donors (Lipinski definition) is 3. The van der Waals surface area contributed by atoms with E-state index in [-0.39, 0.29) is 0 Å². The molecule has 152 valence electrons. The summed E-state index contributed by atoms with van der Waals surface area (Å²) in [5, 5.41) is 26.6. The summed E-state index contributed by atoms with van der Waals surface area (Å²) in [5.41, 5.74) is 0. The number of hydrogen-bond acceptors (Lipinski definition) is 3. The Bertz CT molecular complexity index is 326. The monoisotopic (exact) mass is 412 g/mol. The second-order valence-electron chi connectivity index (χ2n) is 5.38. The Kier molecular flexibility index (Phi) is 9.45. The lowest BCUT2D eigenvalue weighted by Gasteiger charge is -2.24. The van der Waals surface area contributed by atoms with Crippen LogP contribution in [0.2, 0.25) is 0 Å². The highest BCUT2D eigenvalue weighted by Gasteiger charge is 2.41. The molecule has 0 aromatic heterocycles. The molecular formula is C12H18F9O3P. The van der Waals surface area contributed by atoms with Crippen molar-refractivity contribution < 1.29 is 54.8 Å². The van der Waals surface area contributed by atoms with Crippen LogP contribution >= 0.6 is 7.92 Å². The third-order valence-corrected chi connectivity index (χ3v) is 5.96. The largest absolute Gasteiger partial charge is 0.414 e. The van der Waals surface area contributed by atoms with Gasteiger partial charge in [-0.25, -0.2) is 0 Å². The third-order valence-electron chi connectivity index (χ3n) is 3.29. The van der Waals surface area contributed by atoms with Crippen molar-refractivity contribution in [3.8, 4) is 0 Å². The number of alkyl halides is 9. The van der Waals surface area contributed by atoms with Crippen LogP contribution < -0.4 is 0 Å². The van der Waals surface area contributed by atoms with Crippen LogP contribution in [0, 0.1) is 0 Å². The summed E-state index contributed by atoms with van der Waals surface area (Å²) < 4.78 is 110. The Hall–Kier alpha value is -0.320. The van der Waals surface area contributed by atoms with Crippen molar-refractivity contribution in [2.75, 3.05) is 18.5 Å². The quantitative estimate of drug-likeness (QED) is 0.402. The summed E-state index contributed by atoms with van der Waals surface area (Å²) in [7, 11) is -1.78. The summed E-state index contributed by atoms with van der Waals surface area (Å²) in [6.45, 7) is 0. The minimum absolute atomic E-state index is 0.439. The molecule has 13 heteroatoms. The minimum atomic E-state index is -4.95. The second kappa shape index (κ2) is 9.57. The Morgan fingerprint density at radius 2 is 0.720 bits per heavy atom. The van der Waals surface area contributed by atoms with Gasteiger partial charge in [-0.2, -0.15) is 39.5 Å². The first-order valence-corrected chi connectivity index (χ1v) is 8.91. The second-order valence-corrected chi connectivity index (χ2v) is 8.06. The molecule has 0 amide bonds. The van der Waals surface area contributed by atoms with Gasteiger partial charge in [0.15, 0.2) is 0 Å². The normalized spacial score (nSPS) is 18.7. The molecule has 0 radical (unpaired) electrons. The molecule has 0 aromatic carbocycles. The van der Waals surface area contributed by atoms with Crippen molar-refractivity contribution in [1.82, 2.24) is 0 Å². The van der Waals surface area contributed by atoms with E-state index in [0.29, 0.717) is 0 Å². The summed E-state index contributed by atoms with van der Waals surface area (Å²) in [6, 6.07) is 0. The average molecular weight is 412 g/mol. The van der Waals surface area contributed by atoms with Crippen molar-refractivity contribution in [2.45, 2.75) is 56.1 Å². The molecule has 0 rings (SSSR count). The Balaban J connectivity index is 4.70. The van der Waals surface area contributed by atoms with Gasteiger partial charge in [0.1, 0.15) is 18.3 Å². The summed E-state index contributed by atoms with van der Waals surface area (Å²) in [4.78, 5) is 0. The van der Waals surface area contributed by atoms with Crippen LogP contribution in [0.1, 0.15) is 19.3 Å². The van der Waals surface area contributed by atoms with Gasteiger partial charge < -0.3 is 15.3 Å². The lowest BCUT2D eigenvalue weighted by molar-refractivity contribution is -0.203. The molecule has 0 aliphatic rings. The van der Waals surface area contributed by atoms with Crippen LogP contribution in [-0.2, 0) is 0 Å². The first kappa shape index (κ1) is 24.7. The zero-order valence-corrected chi connectivity index (χ0v) is 13.6. The first-order chi connectivity index (χ1) is 11.0. The van der Waals surface area contributed by atoms with Crippen molar-refractivity contribution in [1.29, 1.82) is 0 Å². The molecule has 0 aromatic rings. The SMILES string of the molecule is OC(CCP(CCC(O)C(F)(F)F)CCC(O)C(F)(F)F)C(F)(F)F. The number of aliphatic hydroxyl groups excluding tert-OH is 3. The van der Waals surface area contributed by atoms with Crippen molar-refractivity contribution in [3.63, 3.8) is 0 Å². The first-order valence-electron chi connectivity index (χ1n) is 7.01. The van der Waals surface area contributed by atoms with E-state index in [2.05, 4.69) is 0 Å². The number of aliphatic hydroxyl groups is 3. The molecule has 3 N–H and O–H groups in total. The molecule has 0 aliphatic heterocycles. The summed E-state index contributed by atoms with van der Waals surface area (Å²) >= 11 is 0. The maximum absolute atomic E-state index is 12.2. The van der Waals surface area contributed by atoms with E-state index in [1.54, 1.807) is 0 Å². The predicted octanol–water partition coefficient (Wildman–Crippen LogP) is 3.41. The Morgan fingerprint density at radius 3 is 0.880 bits per heavy atom. The zero-order chi connectivity index (χ0) is 20.1. The van der Waals surface area contributed by atoms with Crippen LogP contribution in [0.4, 0.5) is 39.5 Å². The molecule has 3 nitrogen and oxygen atoms in total. The van der Waals surface area contributed by atoms with E-state index in [1.165, 1.54) is 0 Å². The Morgan fingerprint density at radius 1 is 0.520 bits per heavy atom. The average Bonchev–Trinajstić information content (AvgIpc) is 2.42. The van der Waals surface area contributed by atoms with E-state index in [4.69, 9.17) is 15.3 Å². The van der Waals surface area contributed by atoms with Crippen molar-refractivity contribution in [2.24, 2.45) is 0 Å². The zero-order valence-electron chi connectivity index (χ0n) is 12.7. The minimum Gasteiger partial charge on any atom is -0.384 e. The highest BCUT2D eigenvalue weighted by atomic mass is 31.1. The van der Waals surface area contributed by atoms with Crippen LogP contribution in [0.25, 0.3) is 0 Å². The van der Waals surface area contributed by atoms with E-state index >= 15 is 0 Å². The number of halogens is 9. The van der Waals surface area contributed by atoms with Crippen LogP contribution in [0.3, 0.4) is 0 Å². The van der Waals surface area contributed by atoms with Crippen molar-refractivity contribution >= 4 is 7.92 Å². The predicted molar refractivity (Wildman–Crippen MR) is 71.6 cm³/mol. The van der Waals surface area contributed by atoms with E-state index < -0.39 is 82.5 Å². The van der Waals surface area contributed by atoms with Gasteiger partial charge in [0.2, 0.25) is 0 Å². The maximum atomic E-state index is 12.2. The molecule has 0 aliphatic carbocycles. The molecule has 0 heterocycles. The molecule has 0 spiro atoms. The maximum Gasteiger partial charge on any atom is 0.414 e. The van der Waals surface area contributed by atoms with E-state index in [0.717, 1.165) is 0 Å². The van der Waals surface area contributed by atoms with Gasteiger partial charge in [-0.15, -0.1) is 7.92 Å². The molecule has 0 saturated carbocycles. The smallest absolute Gasteiger partial charge is 0.384 e. The van der Waals surface area contributed by atoms with Gasteiger partial charge in [0.25, 0.3) is 0 Å². The molecule has 3 atom stereocenters. The van der Waals surface area contributed by atoms with Gasteiger partial charge in [-0.05, 0) is 37.7 Å². The molecular weight excluding hydrogens is 394 g/mol. The van der Waals surface area contributed by atoms with Gasteiger partial charge in [0.05, 0.1) is 0 Å². The summed E-state index contributed by atoms with van der Waals surface area (Å²) in [6.07, 6.45) is -27.0. The Labute approximate surface area is 138 Å². The van der Waals surface area contributed by atoms with Gasteiger partial charge in [-0.1, -0.05) is 0 Å². The topological polar surface area (TPSA) is 60.7 Å². The van der Waals surface area contributed by atoms with Gasteiger partial charge in [-0.3, -0.25) is 0 Å². The van der Waals surface area contributed by atoms with Crippen LogP contribution in [0.5, 0.6) is 0 Å². The van der Waals surface area contributed by atoms with Gasteiger partial charge >= 0.3 is 18.5 Å². The number of rotatable bonds is 9. The molecule has 0 fully saturated rings. The van der Waals surface area contributed by atoms with E-state index in [1.807, 2.05) is 0 Å². The highest BCUT2D eigenvalue weighted by molar-refractivity contribution is 7.57.